The molecule has 6 atom stereocenters. The SMILES string of the molecule is COC(=O)N[C@H](C(=O)N1CCCC1C(=O)Nc1ccc([C@H]2CC[C@H](c3ccc(NC(=O)[C@@H]4CCCN4C(=O)[C@@H](NC(=O)OC)C(C)(C)OC)cc3)N2c2ccc(C(F)(F)F)cc2)cc1)C(C)(C)OC. The summed E-state index contributed by atoms with van der Waals surface area (Å²) in [6, 6.07) is 14.9. The highest BCUT2D eigenvalue weighted by Gasteiger charge is 2.46. The summed E-state index contributed by atoms with van der Waals surface area (Å²) < 4.78 is 61.6. The van der Waals surface area contributed by atoms with Gasteiger partial charge in [-0.15, -0.1) is 0 Å². The molecule has 4 N–H and O–H groups in total. The lowest BCUT2D eigenvalue weighted by molar-refractivity contribution is -0.144. The van der Waals surface area contributed by atoms with Gasteiger partial charge in [-0.3, -0.25) is 19.2 Å². The van der Waals surface area contributed by atoms with Crippen molar-refractivity contribution < 1.29 is 60.9 Å². The van der Waals surface area contributed by atoms with Crippen molar-refractivity contribution in [3.8, 4) is 0 Å². The van der Waals surface area contributed by atoms with E-state index in [0.717, 1.165) is 23.3 Å². The molecule has 3 fully saturated rings. The Labute approximate surface area is 399 Å². The monoisotopic (exact) mass is 965 g/mol. The lowest BCUT2D eigenvalue weighted by atomic mass is 9.96. The van der Waals surface area contributed by atoms with E-state index in [4.69, 9.17) is 18.9 Å². The van der Waals surface area contributed by atoms with Crippen LogP contribution < -0.4 is 26.2 Å². The molecule has 3 aromatic carbocycles. The molecular weight excluding hydrogens is 904 g/mol. The molecular formula is C49H62F3N7O10. The van der Waals surface area contributed by atoms with E-state index in [2.05, 4.69) is 26.2 Å². The summed E-state index contributed by atoms with van der Waals surface area (Å²) in [5.41, 5.74) is 0.187. The third-order valence-corrected chi connectivity index (χ3v) is 13.5. The molecule has 1 unspecified atom stereocenters. The van der Waals surface area contributed by atoms with Crippen molar-refractivity contribution in [3.63, 3.8) is 0 Å². The molecule has 0 saturated carbocycles. The summed E-state index contributed by atoms with van der Waals surface area (Å²) >= 11 is 0. The third kappa shape index (κ3) is 11.7. The first kappa shape index (κ1) is 52.0. The number of halogens is 3. The van der Waals surface area contributed by atoms with E-state index in [0.29, 0.717) is 68.7 Å². The minimum atomic E-state index is -4.53. The third-order valence-electron chi connectivity index (χ3n) is 13.5. The zero-order chi connectivity index (χ0) is 50.4. The van der Waals surface area contributed by atoms with E-state index in [-0.39, 0.29) is 12.1 Å². The van der Waals surface area contributed by atoms with Crippen LogP contribution in [0.2, 0.25) is 0 Å². The predicted octanol–water partition coefficient (Wildman–Crippen LogP) is 6.95. The topological polar surface area (TPSA) is 197 Å². The number of carbonyl (C=O) groups excluding carboxylic acids is 6. The second-order valence-electron chi connectivity index (χ2n) is 18.4. The van der Waals surface area contributed by atoms with Crippen LogP contribution in [-0.4, -0.2) is 123 Å². The number of ether oxygens (including phenoxy) is 4. The fourth-order valence-electron chi connectivity index (χ4n) is 9.27. The molecule has 3 heterocycles. The molecule has 20 heteroatoms. The first-order chi connectivity index (χ1) is 32.6. The maximum absolute atomic E-state index is 13.8. The minimum Gasteiger partial charge on any atom is -0.453 e. The summed E-state index contributed by atoms with van der Waals surface area (Å²) in [6.45, 7) is 7.18. The van der Waals surface area contributed by atoms with Crippen LogP contribution in [0.1, 0.15) is 95.0 Å². The first-order valence-electron chi connectivity index (χ1n) is 22.8. The number of nitrogens with one attached hydrogen (secondary N) is 4. The number of rotatable bonds is 15. The summed E-state index contributed by atoms with van der Waals surface area (Å²) in [4.78, 5) is 84.4. The van der Waals surface area contributed by atoms with Crippen molar-refractivity contribution >= 4 is 52.9 Å². The molecule has 3 saturated heterocycles. The Morgan fingerprint density at radius 3 is 1.28 bits per heavy atom. The summed E-state index contributed by atoms with van der Waals surface area (Å²) in [7, 11) is 5.20. The smallest absolute Gasteiger partial charge is 0.416 e. The van der Waals surface area contributed by atoms with Gasteiger partial charge >= 0.3 is 18.4 Å². The Morgan fingerprint density at radius 1 is 0.565 bits per heavy atom. The zero-order valence-electron chi connectivity index (χ0n) is 40.1. The van der Waals surface area contributed by atoms with Gasteiger partial charge in [0.1, 0.15) is 24.2 Å². The Hall–Kier alpha value is -6.41. The molecule has 0 aliphatic carbocycles. The average Bonchev–Trinajstić information content (AvgIpc) is 4.13. The largest absolute Gasteiger partial charge is 0.453 e. The van der Waals surface area contributed by atoms with Gasteiger partial charge in [-0.1, -0.05) is 24.3 Å². The van der Waals surface area contributed by atoms with Crippen LogP contribution in [0.4, 0.5) is 39.8 Å². The normalized spacial score (nSPS) is 20.5. The average molecular weight is 966 g/mol. The number of amides is 6. The lowest BCUT2D eigenvalue weighted by Crippen LogP contribution is -2.60. The number of likely N-dealkylation sites (tertiary alicyclic amines) is 2. The fraction of sp³-hybridized carbons (Fsp3) is 0.510. The number of alkyl halides is 3. The molecule has 17 nitrogen and oxygen atoms in total. The lowest BCUT2D eigenvalue weighted by Gasteiger charge is -2.36. The quantitative estimate of drug-likeness (QED) is 0.123. The van der Waals surface area contributed by atoms with E-state index < -0.39 is 82.9 Å². The number of alkyl carbamates (subject to hydrolysis) is 2. The van der Waals surface area contributed by atoms with Crippen LogP contribution >= 0.6 is 0 Å². The molecule has 0 aromatic heterocycles. The van der Waals surface area contributed by atoms with Crippen molar-refractivity contribution in [1.82, 2.24) is 20.4 Å². The van der Waals surface area contributed by atoms with Gasteiger partial charge in [0, 0.05) is 44.4 Å². The van der Waals surface area contributed by atoms with Crippen molar-refractivity contribution in [3.05, 3.63) is 89.5 Å². The van der Waals surface area contributed by atoms with E-state index >= 15 is 0 Å². The van der Waals surface area contributed by atoms with Gasteiger partial charge in [-0.2, -0.15) is 13.2 Å². The van der Waals surface area contributed by atoms with Crippen LogP contribution in [0.15, 0.2) is 72.8 Å². The van der Waals surface area contributed by atoms with Gasteiger partial charge in [0.25, 0.3) is 0 Å². The van der Waals surface area contributed by atoms with Crippen LogP contribution in [-0.2, 0) is 44.3 Å². The Bertz CT molecular complexity index is 2200. The first-order valence-corrected chi connectivity index (χ1v) is 22.8. The standard InChI is InChI=1S/C49H62F3N7O10/c1-47(2,68-7)39(55-45(64)66-5)43(62)57-27-9-11-37(57)41(60)53-32-19-13-29(14-20-32)35-25-26-36(59(35)34-23-17-31(18-24-34)49(50,51)52)30-15-21-33(22-16-30)54-42(61)38-12-10-28-58(38)44(63)40(48(3,4)69-8)56-46(65)67-6/h13-24,35-40H,9-12,25-28H2,1-8H3,(H,53,60)(H,54,61)(H,55,64)(H,56,65)/t35-,36-,37+,38?,39-,40-/m1/s1. The predicted molar refractivity (Wildman–Crippen MR) is 249 cm³/mol. The molecule has 0 bridgehead atoms. The number of hydrogen-bond donors (Lipinski definition) is 4. The Morgan fingerprint density at radius 2 is 0.942 bits per heavy atom. The van der Waals surface area contributed by atoms with Crippen molar-refractivity contribution in [2.24, 2.45) is 0 Å². The molecule has 3 aromatic rings. The molecule has 69 heavy (non-hydrogen) atoms. The number of hydrogen-bond acceptors (Lipinski definition) is 11. The van der Waals surface area contributed by atoms with Gasteiger partial charge in [0.05, 0.1) is 43.1 Å². The maximum atomic E-state index is 13.8. The van der Waals surface area contributed by atoms with Gasteiger partial charge in [-0.05, 0) is 126 Å². The van der Waals surface area contributed by atoms with Gasteiger partial charge in [0.2, 0.25) is 23.6 Å². The van der Waals surface area contributed by atoms with E-state index in [1.807, 2.05) is 24.3 Å². The minimum absolute atomic E-state index is 0.284. The summed E-state index contributed by atoms with van der Waals surface area (Å²) in [5.74, 6) is -1.80. The maximum Gasteiger partial charge on any atom is 0.416 e. The Balaban J connectivity index is 1.18. The van der Waals surface area contributed by atoms with Crippen LogP contribution in [0.5, 0.6) is 0 Å². The number of anilines is 3. The molecule has 374 valence electrons. The number of nitrogens with zero attached hydrogens (tertiary/aromatic N) is 3. The fourth-order valence-corrected chi connectivity index (χ4v) is 9.27. The second-order valence-corrected chi connectivity index (χ2v) is 18.4. The molecule has 0 radical (unpaired) electrons. The van der Waals surface area contributed by atoms with Gasteiger partial charge in [0.15, 0.2) is 0 Å². The number of benzene rings is 3. The van der Waals surface area contributed by atoms with Crippen molar-refractivity contribution in [1.29, 1.82) is 0 Å². The number of methoxy groups -OCH3 is 4. The Kier molecular flexibility index (Phi) is 16.2. The summed E-state index contributed by atoms with van der Waals surface area (Å²) in [6.07, 6.45) is -2.97. The van der Waals surface area contributed by atoms with Gasteiger partial charge in [-0.25, -0.2) is 9.59 Å². The molecule has 3 aliphatic heterocycles. The van der Waals surface area contributed by atoms with Crippen molar-refractivity contribution in [2.75, 3.05) is 57.1 Å². The number of carbonyl (C=O) groups is 6. The van der Waals surface area contributed by atoms with Crippen molar-refractivity contribution in [2.45, 2.75) is 120 Å². The molecule has 3 aliphatic rings. The van der Waals surface area contributed by atoms with E-state index in [1.165, 1.54) is 50.4 Å². The highest BCUT2D eigenvalue weighted by molar-refractivity contribution is 6.00. The second kappa shape index (κ2) is 21.5. The summed E-state index contributed by atoms with van der Waals surface area (Å²) in [5, 5.41) is 10.9. The van der Waals surface area contributed by atoms with Gasteiger partial charge < -0.3 is 54.9 Å². The molecule has 6 amide bonds. The zero-order valence-corrected chi connectivity index (χ0v) is 40.1. The van der Waals surface area contributed by atoms with E-state index in [1.54, 1.807) is 52.0 Å². The molecule has 0 spiro atoms. The molecule has 6 rings (SSSR count). The van der Waals surface area contributed by atoms with Crippen LogP contribution in [0.25, 0.3) is 0 Å². The van der Waals surface area contributed by atoms with Crippen LogP contribution in [0.3, 0.4) is 0 Å². The highest BCUT2D eigenvalue weighted by atomic mass is 19.4. The highest BCUT2D eigenvalue weighted by Crippen LogP contribution is 2.48. The van der Waals surface area contributed by atoms with Crippen LogP contribution in [0, 0.1) is 0 Å². The van der Waals surface area contributed by atoms with E-state index in [9.17, 15) is 41.9 Å².